The van der Waals surface area contributed by atoms with Gasteiger partial charge in [-0.05, 0) is 49.7 Å². The molecule has 0 aliphatic carbocycles. The molecule has 1 fully saturated rings. The fraction of sp³-hybridized carbons (Fsp3) is 0.333. The minimum Gasteiger partial charge on any atom is -0.492 e. The molecule has 0 bridgehead atoms. The van der Waals surface area contributed by atoms with Gasteiger partial charge in [-0.25, -0.2) is 4.98 Å². The van der Waals surface area contributed by atoms with E-state index >= 15 is 0 Å². The second-order valence-electron chi connectivity index (χ2n) is 9.69. The van der Waals surface area contributed by atoms with Crippen LogP contribution in [0.15, 0.2) is 72.9 Å². The van der Waals surface area contributed by atoms with E-state index in [9.17, 15) is 18.0 Å². The van der Waals surface area contributed by atoms with Crippen molar-refractivity contribution in [2.24, 2.45) is 0 Å². The number of hydrogen-bond acceptors (Lipinski definition) is 4. The monoisotopic (exact) mass is 536 g/mol. The Bertz CT molecular complexity index is 1460. The summed E-state index contributed by atoms with van der Waals surface area (Å²) in [5, 5.41) is 0. The van der Waals surface area contributed by atoms with Crippen LogP contribution in [0, 0.1) is 6.92 Å². The molecular formula is C30H31F3N4O2. The number of benzene rings is 2. The number of imidazole rings is 1. The number of ether oxygens (including phenoxy) is 1. The Morgan fingerprint density at radius 1 is 1.00 bits per heavy atom. The molecule has 1 unspecified atom stereocenters. The third-order valence-corrected chi connectivity index (χ3v) is 7.24. The molecule has 204 valence electrons. The van der Waals surface area contributed by atoms with Crippen molar-refractivity contribution < 1.29 is 22.7 Å². The summed E-state index contributed by atoms with van der Waals surface area (Å²) in [5.41, 5.74) is 2.98. The van der Waals surface area contributed by atoms with Gasteiger partial charge in [-0.15, -0.1) is 0 Å². The van der Waals surface area contributed by atoms with E-state index in [2.05, 4.69) is 9.88 Å². The molecule has 9 heteroatoms. The molecule has 1 atom stereocenters. The number of carbonyl (C=O) groups is 1. The maximum absolute atomic E-state index is 13.6. The van der Waals surface area contributed by atoms with Crippen LogP contribution < -0.4 is 9.64 Å². The number of halogens is 3. The Hall–Kier alpha value is -4.01. The Morgan fingerprint density at radius 2 is 1.74 bits per heavy atom. The Morgan fingerprint density at radius 3 is 2.49 bits per heavy atom. The topological polar surface area (TPSA) is 50.1 Å². The van der Waals surface area contributed by atoms with Gasteiger partial charge in [0.15, 0.2) is 0 Å². The van der Waals surface area contributed by atoms with Crippen LogP contribution in [-0.4, -0.2) is 53.0 Å². The predicted molar refractivity (Wildman–Crippen MR) is 144 cm³/mol. The van der Waals surface area contributed by atoms with Gasteiger partial charge < -0.3 is 18.9 Å². The highest BCUT2D eigenvalue weighted by Gasteiger charge is 2.33. The quantitative estimate of drug-likeness (QED) is 0.294. The Kier molecular flexibility index (Phi) is 7.50. The zero-order valence-electron chi connectivity index (χ0n) is 22.0. The van der Waals surface area contributed by atoms with E-state index in [0.717, 1.165) is 29.3 Å². The van der Waals surface area contributed by atoms with Crippen molar-refractivity contribution in [3.8, 4) is 5.75 Å². The number of piperazine rings is 1. The van der Waals surface area contributed by atoms with Gasteiger partial charge in [0.25, 0.3) is 0 Å². The number of nitrogens with zero attached hydrogens (tertiary/aromatic N) is 4. The van der Waals surface area contributed by atoms with Crippen molar-refractivity contribution in [2.75, 3.05) is 37.7 Å². The van der Waals surface area contributed by atoms with Gasteiger partial charge in [-0.3, -0.25) is 4.79 Å². The van der Waals surface area contributed by atoms with Crippen LogP contribution >= 0.6 is 0 Å². The van der Waals surface area contributed by atoms with Crippen LogP contribution in [0.2, 0.25) is 0 Å². The zero-order valence-corrected chi connectivity index (χ0v) is 22.0. The summed E-state index contributed by atoms with van der Waals surface area (Å²) in [7, 11) is 0. The number of hydrogen-bond donors (Lipinski definition) is 0. The number of alkyl halides is 3. The van der Waals surface area contributed by atoms with Crippen molar-refractivity contribution in [1.29, 1.82) is 0 Å². The van der Waals surface area contributed by atoms with Crippen LogP contribution in [0.5, 0.6) is 5.75 Å². The molecule has 2 aromatic carbocycles. The molecule has 1 saturated heterocycles. The van der Waals surface area contributed by atoms with Crippen LogP contribution in [0.4, 0.5) is 18.9 Å². The molecular weight excluding hydrogens is 505 g/mol. The van der Waals surface area contributed by atoms with Crippen LogP contribution in [0.1, 0.15) is 41.8 Å². The number of pyridine rings is 1. The fourth-order valence-electron chi connectivity index (χ4n) is 5.30. The van der Waals surface area contributed by atoms with Crippen molar-refractivity contribution in [3.05, 3.63) is 95.4 Å². The predicted octanol–water partition coefficient (Wildman–Crippen LogP) is 5.93. The number of amides is 1. The van der Waals surface area contributed by atoms with E-state index in [-0.39, 0.29) is 12.3 Å². The van der Waals surface area contributed by atoms with Gasteiger partial charge >= 0.3 is 6.18 Å². The number of fused-ring (bicyclic) bond motifs is 1. The summed E-state index contributed by atoms with van der Waals surface area (Å²) < 4.78 is 48.5. The summed E-state index contributed by atoms with van der Waals surface area (Å²) in [6.45, 7) is 6.73. The number of aryl methyl sites for hydroxylation is 1. The second-order valence-corrected chi connectivity index (χ2v) is 9.69. The molecule has 6 nitrogen and oxygen atoms in total. The Balaban J connectivity index is 1.40. The number of carbonyl (C=O) groups excluding carboxylic acids is 1. The van der Waals surface area contributed by atoms with Gasteiger partial charge in [0.1, 0.15) is 11.4 Å². The molecule has 39 heavy (non-hydrogen) atoms. The van der Waals surface area contributed by atoms with E-state index in [0.29, 0.717) is 49.7 Å². The van der Waals surface area contributed by atoms with Gasteiger partial charge in [0.2, 0.25) is 5.91 Å². The third-order valence-electron chi connectivity index (χ3n) is 7.24. The number of aromatic nitrogens is 2. The summed E-state index contributed by atoms with van der Waals surface area (Å²) in [6.07, 6.45) is -2.77. The molecule has 0 saturated carbocycles. The lowest BCUT2D eigenvalue weighted by Gasteiger charge is -2.37. The van der Waals surface area contributed by atoms with E-state index in [1.165, 1.54) is 6.07 Å². The van der Waals surface area contributed by atoms with E-state index in [1.54, 1.807) is 17.2 Å². The maximum atomic E-state index is 13.6. The highest BCUT2D eigenvalue weighted by Crippen LogP contribution is 2.36. The minimum atomic E-state index is -4.48. The highest BCUT2D eigenvalue weighted by molar-refractivity contribution is 5.78. The summed E-state index contributed by atoms with van der Waals surface area (Å²) in [4.78, 5) is 22.1. The molecule has 1 amide bonds. The molecule has 0 radical (unpaired) electrons. The first kappa shape index (κ1) is 26.6. The average Bonchev–Trinajstić information content (AvgIpc) is 3.37. The smallest absolute Gasteiger partial charge is 0.416 e. The third kappa shape index (κ3) is 5.57. The lowest BCUT2D eigenvalue weighted by molar-refractivity contribution is -0.137. The van der Waals surface area contributed by atoms with Crippen LogP contribution in [0.25, 0.3) is 5.65 Å². The van der Waals surface area contributed by atoms with Crippen molar-refractivity contribution in [2.45, 2.75) is 32.4 Å². The normalized spacial score (nSPS) is 15.0. The zero-order chi connectivity index (χ0) is 27.6. The highest BCUT2D eigenvalue weighted by atomic mass is 19.4. The molecule has 3 heterocycles. The lowest BCUT2D eigenvalue weighted by Crippen LogP contribution is -2.49. The molecule has 1 aliphatic rings. The van der Waals surface area contributed by atoms with Gasteiger partial charge in [-0.2, -0.15) is 13.2 Å². The fourth-order valence-corrected chi connectivity index (χ4v) is 5.30. The molecule has 0 spiro atoms. The summed E-state index contributed by atoms with van der Waals surface area (Å²) >= 11 is 0. The first-order valence-corrected chi connectivity index (χ1v) is 13.1. The minimum absolute atomic E-state index is 0.0406. The van der Waals surface area contributed by atoms with Gasteiger partial charge in [-0.1, -0.05) is 36.4 Å². The first-order chi connectivity index (χ1) is 18.8. The number of rotatable bonds is 7. The SMILES string of the molecule is CCOc1ccccc1N1CCN(C(=O)CC(c2cccc(C(F)(F)F)c2)c2cnc3cccc(C)n23)CC1. The van der Waals surface area contributed by atoms with E-state index in [1.807, 2.05) is 60.7 Å². The lowest BCUT2D eigenvalue weighted by atomic mass is 9.90. The van der Waals surface area contributed by atoms with Crippen LogP contribution in [-0.2, 0) is 11.0 Å². The average molecular weight is 537 g/mol. The van der Waals surface area contributed by atoms with Crippen molar-refractivity contribution >= 4 is 17.2 Å². The van der Waals surface area contributed by atoms with Crippen molar-refractivity contribution in [3.63, 3.8) is 0 Å². The summed E-state index contributed by atoms with van der Waals surface area (Å²) in [6, 6.07) is 18.8. The van der Waals surface area contributed by atoms with Crippen LogP contribution in [0.3, 0.4) is 0 Å². The largest absolute Gasteiger partial charge is 0.492 e. The molecule has 0 N–H and O–H groups in total. The maximum Gasteiger partial charge on any atom is 0.416 e. The number of anilines is 1. The van der Waals surface area contributed by atoms with Crippen molar-refractivity contribution in [1.82, 2.24) is 14.3 Å². The standard InChI is InChI=1S/C30H31F3N4O2/c1-3-39-27-12-5-4-11-25(27)35-14-16-36(17-15-35)29(38)19-24(22-9-7-10-23(18-22)30(31,32)33)26-20-34-28-13-6-8-21(2)37(26)28/h4-13,18,20,24H,3,14-17,19H2,1-2H3. The molecule has 1 aliphatic heterocycles. The van der Waals surface area contributed by atoms with E-state index in [4.69, 9.17) is 4.74 Å². The molecule has 4 aromatic rings. The Labute approximate surface area is 225 Å². The molecule has 2 aromatic heterocycles. The second kappa shape index (κ2) is 11.0. The van der Waals surface area contributed by atoms with Gasteiger partial charge in [0, 0.05) is 50.4 Å². The first-order valence-electron chi connectivity index (χ1n) is 13.1. The summed E-state index contributed by atoms with van der Waals surface area (Å²) in [5.74, 6) is 0.124. The van der Waals surface area contributed by atoms with E-state index < -0.39 is 17.7 Å². The molecule has 5 rings (SSSR count). The number of para-hydroxylation sites is 2. The van der Waals surface area contributed by atoms with Gasteiger partial charge in [0.05, 0.1) is 23.6 Å².